The van der Waals surface area contributed by atoms with Crippen LogP contribution >= 0.6 is 0 Å². The molecule has 5 nitrogen and oxygen atoms in total. The largest absolute Gasteiger partial charge is 0.464 e. The molecule has 2 unspecified atom stereocenters. The van der Waals surface area contributed by atoms with Crippen LogP contribution in [0.2, 0.25) is 0 Å². The topological polar surface area (TPSA) is 61.8 Å². The van der Waals surface area contributed by atoms with Crippen LogP contribution in [0.4, 0.5) is 0 Å². The molecule has 0 N–H and O–H groups in total. The molecule has 0 radical (unpaired) electrons. The number of unbranched alkanes of at least 4 members (excludes halogenated alkanes) is 7. The number of fused-ring (bicyclic) bond motifs is 3. The van der Waals surface area contributed by atoms with Gasteiger partial charge in [-0.25, -0.2) is 9.59 Å². The van der Waals surface area contributed by atoms with Gasteiger partial charge in [-0.2, -0.15) is 0 Å². The Morgan fingerprint density at radius 3 is 2.14 bits per heavy atom. The maximum absolute atomic E-state index is 13.2. The summed E-state index contributed by atoms with van der Waals surface area (Å²) in [6, 6.07) is 6.13. The highest BCUT2D eigenvalue weighted by molar-refractivity contribution is 6.04. The number of carbonyl (C=O) groups excluding carboxylic acids is 2. The summed E-state index contributed by atoms with van der Waals surface area (Å²) < 4.78 is 17.1. The molecule has 0 saturated heterocycles. The highest BCUT2D eigenvalue weighted by Crippen LogP contribution is 2.47. The van der Waals surface area contributed by atoms with Crippen LogP contribution in [-0.4, -0.2) is 30.8 Å². The van der Waals surface area contributed by atoms with E-state index in [1.807, 2.05) is 6.07 Å². The first-order valence-electron chi connectivity index (χ1n) is 14.2. The van der Waals surface area contributed by atoms with Crippen molar-refractivity contribution in [2.24, 2.45) is 5.92 Å². The number of carbonyl (C=O) groups is 2. The summed E-state index contributed by atoms with van der Waals surface area (Å²) in [6.45, 7) is 6.10. The van der Waals surface area contributed by atoms with E-state index in [0.29, 0.717) is 24.0 Å². The zero-order chi connectivity index (χ0) is 25.1. The van der Waals surface area contributed by atoms with E-state index in [4.69, 9.17) is 14.2 Å². The maximum Gasteiger partial charge on any atom is 0.362 e. The van der Waals surface area contributed by atoms with E-state index in [1.54, 1.807) is 13.8 Å². The van der Waals surface area contributed by atoms with Crippen molar-refractivity contribution in [2.45, 2.75) is 122 Å². The molecule has 0 bridgehead atoms. The third-order valence-corrected chi connectivity index (χ3v) is 7.79. The van der Waals surface area contributed by atoms with Gasteiger partial charge in [-0.15, -0.1) is 0 Å². The summed E-state index contributed by atoms with van der Waals surface area (Å²) in [4.78, 5) is 26.4. The maximum atomic E-state index is 13.2. The lowest BCUT2D eigenvalue weighted by atomic mass is 9.80. The van der Waals surface area contributed by atoms with Gasteiger partial charge in [0.1, 0.15) is 5.75 Å². The predicted molar refractivity (Wildman–Crippen MR) is 139 cm³/mol. The monoisotopic (exact) mass is 486 g/mol. The van der Waals surface area contributed by atoms with Crippen LogP contribution in [0.25, 0.3) is 0 Å². The van der Waals surface area contributed by atoms with E-state index in [-0.39, 0.29) is 19.6 Å². The van der Waals surface area contributed by atoms with Crippen LogP contribution in [-0.2, 0) is 25.5 Å². The summed E-state index contributed by atoms with van der Waals surface area (Å²) in [5.41, 5.74) is 0.962. The van der Waals surface area contributed by atoms with Crippen molar-refractivity contribution < 1.29 is 23.8 Å². The van der Waals surface area contributed by atoms with Gasteiger partial charge in [0.15, 0.2) is 0 Å². The minimum atomic E-state index is -1.76. The van der Waals surface area contributed by atoms with Gasteiger partial charge in [0.05, 0.1) is 13.2 Å². The molecule has 1 fully saturated rings. The Morgan fingerprint density at radius 2 is 1.49 bits per heavy atom. The van der Waals surface area contributed by atoms with Gasteiger partial charge in [0.25, 0.3) is 0 Å². The average molecular weight is 487 g/mol. The van der Waals surface area contributed by atoms with Crippen molar-refractivity contribution in [3.05, 3.63) is 29.3 Å². The number of esters is 2. The molecule has 35 heavy (non-hydrogen) atoms. The molecule has 0 aliphatic heterocycles. The fourth-order valence-corrected chi connectivity index (χ4v) is 5.95. The normalized spacial score (nSPS) is 19.1. The van der Waals surface area contributed by atoms with Crippen LogP contribution in [0.15, 0.2) is 18.2 Å². The van der Waals surface area contributed by atoms with E-state index in [9.17, 15) is 9.59 Å². The highest BCUT2D eigenvalue weighted by atomic mass is 16.6. The molecular formula is C30H46O5. The van der Waals surface area contributed by atoms with Crippen LogP contribution in [0, 0.1) is 5.92 Å². The predicted octanol–water partition coefficient (Wildman–Crippen LogP) is 7.29. The number of hydrogen-bond acceptors (Lipinski definition) is 5. The summed E-state index contributed by atoms with van der Waals surface area (Å²) in [6.07, 6.45) is 15.4. The third kappa shape index (κ3) is 7.01. The molecule has 3 rings (SSSR count). The lowest BCUT2D eigenvalue weighted by Crippen LogP contribution is -2.53. The smallest absolute Gasteiger partial charge is 0.362 e. The molecule has 2 aliphatic carbocycles. The Bertz CT molecular complexity index is 799. The van der Waals surface area contributed by atoms with Crippen LogP contribution in [0.1, 0.15) is 121 Å². The molecule has 1 saturated carbocycles. The van der Waals surface area contributed by atoms with Gasteiger partial charge >= 0.3 is 17.5 Å². The van der Waals surface area contributed by atoms with E-state index in [1.165, 1.54) is 68.9 Å². The number of hydrogen-bond donors (Lipinski definition) is 0. The van der Waals surface area contributed by atoms with Crippen molar-refractivity contribution in [3.8, 4) is 5.75 Å². The van der Waals surface area contributed by atoms with Crippen molar-refractivity contribution >= 4 is 11.9 Å². The van der Waals surface area contributed by atoms with Crippen LogP contribution in [0.3, 0.4) is 0 Å². The quantitative estimate of drug-likeness (QED) is 0.148. The zero-order valence-corrected chi connectivity index (χ0v) is 22.2. The second-order valence-corrected chi connectivity index (χ2v) is 10.3. The first-order chi connectivity index (χ1) is 17.1. The highest BCUT2D eigenvalue weighted by Gasteiger charge is 2.51. The van der Waals surface area contributed by atoms with Gasteiger partial charge < -0.3 is 14.2 Å². The van der Waals surface area contributed by atoms with Crippen molar-refractivity contribution in [1.29, 1.82) is 0 Å². The molecule has 5 heteroatoms. The standard InChI is InChI=1S/C30H46O5/c1-4-7-8-9-10-11-12-15-20-30(28(31)33-5-2,29(32)34-6-3)35-25-18-19-27-24(22-25)21-23-16-13-14-17-26(23)27/h18-19,22-23,26H,4-17,20-21H2,1-3H3. The van der Waals surface area contributed by atoms with Crippen molar-refractivity contribution in [3.63, 3.8) is 0 Å². The molecule has 1 aromatic rings. The molecular weight excluding hydrogens is 440 g/mol. The molecule has 0 aromatic heterocycles. The fourth-order valence-electron chi connectivity index (χ4n) is 5.95. The van der Waals surface area contributed by atoms with E-state index >= 15 is 0 Å². The minimum absolute atomic E-state index is 0.189. The summed E-state index contributed by atoms with van der Waals surface area (Å²) in [5.74, 6) is 0.630. The minimum Gasteiger partial charge on any atom is -0.464 e. The number of ether oxygens (including phenoxy) is 3. The number of rotatable bonds is 15. The first kappa shape index (κ1) is 27.5. The molecule has 2 aliphatic rings. The molecule has 0 amide bonds. The van der Waals surface area contributed by atoms with Gasteiger partial charge in [-0.05, 0) is 74.6 Å². The van der Waals surface area contributed by atoms with Gasteiger partial charge in [-0.3, -0.25) is 0 Å². The third-order valence-electron chi connectivity index (χ3n) is 7.79. The Balaban J connectivity index is 1.74. The Labute approximate surface area is 212 Å². The first-order valence-corrected chi connectivity index (χ1v) is 14.2. The molecule has 196 valence electrons. The Kier molecular flexibility index (Phi) is 10.9. The zero-order valence-electron chi connectivity index (χ0n) is 22.2. The Morgan fingerprint density at radius 1 is 0.857 bits per heavy atom. The summed E-state index contributed by atoms with van der Waals surface area (Å²) >= 11 is 0. The molecule has 0 spiro atoms. The van der Waals surface area contributed by atoms with Gasteiger partial charge in [0, 0.05) is 6.42 Å². The summed E-state index contributed by atoms with van der Waals surface area (Å²) in [5, 5.41) is 0. The molecule has 2 atom stereocenters. The fraction of sp³-hybridized carbons (Fsp3) is 0.733. The summed E-state index contributed by atoms with van der Waals surface area (Å²) in [7, 11) is 0. The SMILES string of the molecule is CCCCCCCCCCC(Oc1ccc2c(c1)CC1CCCCC21)(C(=O)OCC)C(=O)OCC. The van der Waals surface area contributed by atoms with Gasteiger partial charge in [-0.1, -0.05) is 70.8 Å². The second kappa shape index (κ2) is 13.9. The van der Waals surface area contributed by atoms with E-state index < -0.39 is 17.5 Å². The average Bonchev–Trinajstić information content (AvgIpc) is 3.23. The van der Waals surface area contributed by atoms with E-state index in [2.05, 4.69) is 19.1 Å². The lowest BCUT2D eigenvalue weighted by Gasteiger charge is -2.30. The van der Waals surface area contributed by atoms with Gasteiger partial charge in [0.2, 0.25) is 0 Å². The lowest BCUT2D eigenvalue weighted by molar-refractivity contribution is -0.180. The van der Waals surface area contributed by atoms with Crippen LogP contribution < -0.4 is 4.74 Å². The molecule has 1 aromatic carbocycles. The van der Waals surface area contributed by atoms with Crippen molar-refractivity contribution in [1.82, 2.24) is 0 Å². The second-order valence-electron chi connectivity index (χ2n) is 10.3. The van der Waals surface area contributed by atoms with Crippen molar-refractivity contribution in [2.75, 3.05) is 13.2 Å². The number of benzene rings is 1. The Hall–Kier alpha value is -2.04. The van der Waals surface area contributed by atoms with Crippen LogP contribution in [0.5, 0.6) is 5.75 Å². The van der Waals surface area contributed by atoms with E-state index in [0.717, 1.165) is 19.3 Å². The molecule has 0 heterocycles.